The fourth-order valence-electron chi connectivity index (χ4n) is 2.12. The van der Waals surface area contributed by atoms with Crippen LogP contribution in [0.15, 0.2) is 0 Å². The molecule has 0 aromatic rings. The molecule has 0 saturated carbocycles. The van der Waals surface area contributed by atoms with Crippen LogP contribution in [0.3, 0.4) is 0 Å². The summed E-state index contributed by atoms with van der Waals surface area (Å²) in [4.78, 5) is 0. The van der Waals surface area contributed by atoms with Crippen LogP contribution in [-0.4, -0.2) is 58.4 Å². The number of ether oxygens (including phenoxy) is 1. The van der Waals surface area contributed by atoms with Crippen molar-refractivity contribution in [2.45, 2.75) is 31.7 Å². The Labute approximate surface area is 105 Å². The molecule has 0 spiro atoms. The molecule has 1 N–H and O–H groups in total. The summed E-state index contributed by atoms with van der Waals surface area (Å²) in [5.41, 5.74) is 0. The molecule has 0 radical (unpaired) electrons. The van der Waals surface area contributed by atoms with Gasteiger partial charge in [0.1, 0.15) is 0 Å². The quantitative estimate of drug-likeness (QED) is 0.707. The van der Waals surface area contributed by atoms with Gasteiger partial charge in [0.05, 0.1) is 5.75 Å². The first-order valence-corrected chi connectivity index (χ1v) is 7.84. The number of hydrogen-bond acceptors (Lipinski definition) is 4. The molecule has 1 aliphatic rings. The Morgan fingerprint density at radius 1 is 1.35 bits per heavy atom. The Kier molecular flexibility index (Phi) is 6.40. The van der Waals surface area contributed by atoms with Crippen molar-refractivity contribution in [1.82, 2.24) is 9.62 Å². The van der Waals surface area contributed by atoms with E-state index in [2.05, 4.69) is 5.32 Å². The van der Waals surface area contributed by atoms with Crippen LogP contribution in [0.25, 0.3) is 0 Å². The number of hydrogen-bond donors (Lipinski definition) is 1. The summed E-state index contributed by atoms with van der Waals surface area (Å²) in [5.74, 6) is 0.182. The second-order valence-corrected chi connectivity index (χ2v) is 6.66. The van der Waals surface area contributed by atoms with Gasteiger partial charge < -0.3 is 10.1 Å². The summed E-state index contributed by atoms with van der Waals surface area (Å²) >= 11 is 0. The highest BCUT2D eigenvalue weighted by Crippen LogP contribution is 2.16. The largest absolute Gasteiger partial charge is 0.385 e. The summed E-state index contributed by atoms with van der Waals surface area (Å²) in [6, 6.07) is 0.151. The van der Waals surface area contributed by atoms with Crippen molar-refractivity contribution in [3.63, 3.8) is 0 Å². The molecule has 1 atom stereocenters. The average Bonchev–Trinajstić information content (AvgIpc) is 2.56. The van der Waals surface area contributed by atoms with Crippen molar-refractivity contribution in [3.8, 4) is 0 Å². The second-order valence-electron chi connectivity index (χ2n) is 4.51. The lowest BCUT2D eigenvalue weighted by Crippen LogP contribution is -2.39. The van der Waals surface area contributed by atoms with Crippen LogP contribution in [0.2, 0.25) is 0 Å². The maximum Gasteiger partial charge on any atom is 0.214 e. The smallest absolute Gasteiger partial charge is 0.214 e. The molecule has 0 amide bonds. The zero-order chi connectivity index (χ0) is 12.7. The zero-order valence-electron chi connectivity index (χ0n) is 10.8. The minimum atomic E-state index is -3.12. The van der Waals surface area contributed by atoms with Gasteiger partial charge in [0, 0.05) is 26.8 Å². The van der Waals surface area contributed by atoms with Gasteiger partial charge in [0.25, 0.3) is 0 Å². The van der Waals surface area contributed by atoms with E-state index in [-0.39, 0.29) is 11.8 Å². The highest BCUT2D eigenvalue weighted by Gasteiger charge is 2.26. The molecule has 1 aliphatic heterocycles. The SMILES string of the molecule is COCCCS(=O)(=O)N(C)C1CCCNCC1. The molecule has 1 rings (SSSR count). The first kappa shape index (κ1) is 14.9. The van der Waals surface area contributed by atoms with Gasteiger partial charge in [-0.05, 0) is 38.8 Å². The third-order valence-electron chi connectivity index (χ3n) is 3.25. The Morgan fingerprint density at radius 3 is 2.82 bits per heavy atom. The standard InChI is InChI=1S/C11H24N2O3S/c1-13(11-5-3-7-12-8-6-11)17(14,15)10-4-9-16-2/h11-12H,3-10H2,1-2H3. The van der Waals surface area contributed by atoms with Crippen molar-refractivity contribution < 1.29 is 13.2 Å². The van der Waals surface area contributed by atoms with Gasteiger partial charge in [-0.3, -0.25) is 0 Å². The summed E-state index contributed by atoms with van der Waals surface area (Å²) < 4.78 is 30.6. The van der Waals surface area contributed by atoms with E-state index >= 15 is 0 Å². The molecule has 0 aliphatic carbocycles. The number of nitrogens with zero attached hydrogens (tertiary/aromatic N) is 1. The van der Waals surface area contributed by atoms with Crippen molar-refractivity contribution >= 4 is 10.0 Å². The first-order valence-electron chi connectivity index (χ1n) is 6.23. The Hall–Kier alpha value is -0.170. The molecule has 1 fully saturated rings. The van der Waals surface area contributed by atoms with Crippen molar-refractivity contribution in [3.05, 3.63) is 0 Å². The monoisotopic (exact) mass is 264 g/mol. The van der Waals surface area contributed by atoms with Gasteiger partial charge in [-0.25, -0.2) is 12.7 Å². The molecule has 5 nitrogen and oxygen atoms in total. The van der Waals surface area contributed by atoms with Gasteiger partial charge in [-0.1, -0.05) is 0 Å². The number of methoxy groups -OCH3 is 1. The van der Waals surface area contributed by atoms with Crippen LogP contribution in [0.1, 0.15) is 25.7 Å². The maximum atomic E-state index is 12.1. The minimum absolute atomic E-state index is 0.151. The van der Waals surface area contributed by atoms with Gasteiger partial charge in [-0.2, -0.15) is 0 Å². The molecule has 1 unspecified atom stereocenters. The molecule has 1 saturated heterocycles. The van der Waals surface area contributed by atoms with E-state index < -0.39 is 10.0 Å². The molecule has 0 aromatic carbocycles. The van der Waals surface area contributed by atoms with E-state index in [0.29, 0.717) is 13.0 Å². The van der Waals surface area contributed by atoms with Gasteiger partial charge >= 0.3 is 0 Å². The molecule has 102 valence electrons. The predicted octanol–water partition coefficient (Wildman–Crippen LogP) is 0.427. The zero-order valence-corrected chi connectivity index (χ0v) is 11.6. The van der Waals surface area contributed by atoms with Crippen molar-refractivity contribution in [1.29, 1.82) is 0 Å². The summed E-state index contributed by atoms with van der Waals surface area (Å²) in [5, 5.41) is 3.29. The molecular weight excluding hydrogens is 240 g/mol. The second kappa shape index (κ2) is 7.31. The topological polar surface area (TPSA) is 58.6 Å². The average molecular weight is 264 g/mol. The van der Waals surface area contributed by atoms with Crippen LogP contribution in [0, 0.1) is 0 Å². The lowest BCUT2D eigenvalue weighted by Gasteiger charge is -2.26. The van der Waals surface area contributed by atoms with E-state index in [9.17, 15) is 8.42 Å². The Balaban J connectivity index is 2.50. The summed E-state index contributed by atoms with van der Waals surface area (Å²) in [7, 11) is 0.174. The number of nitrogens with one attached hydrogen (secondary N) is 1. The van der Waals surface area contributed by atoms with Gasteiger partial charge in [0.15, 0.2) is 0 Å². The van der Waals surface area contributed by atoms with E-state index in [4.69, 9.17) is 4.74 Å². The summed E-state index contributed by atoms with van der Waals surface area (Å²) in [6.45, 7) is 2.40. The van der Waals surface area contributed by atoms with E-state index in [1.165, 1.54) is 0 Å². The Bertz CT molecular complexity index is 298. The van der Waals surface area contributed by atoms with Crippen LogP contribution < -0.4 is 5.32 Å². The molecule has 0 aromatic heterocycles. The van der Waals surface area contributed by atoms with E-state index in [1.54, 1.807) is 18.5 Å². The highest BCUT2D eigenvalue weighted by atomic mass is 32.2. The Morgan fingerprint density at radius 2 is 2.12 bits per heavy atom. The molecule has 0 bridgehead atoms. The van der Waals surface area contributed by atoms with E-state index in [0.717, 1.165) is 32.4 Å². The van der Waals surface area contributed by atoms with Gasteiger partial charge in [-0.15, -0.1) is 0 Å². The third kappa shape index (κ3) is 4.91. The highest BCUT2D eigenvalue weighted by molar-refractivity contribution is 7.89. The molecular formula is C11H24N2O3S. The number of sulfonamides is 1. The fourth-order valence-corrected chi connectivity index (χ4v) is 3.56. The van der Waals surface area contributed by atoms with Gasteiger partial charge in [0.2, 0.25) is 10.0 Å². The van der Waals surface area contributed by atoms with E-state index in [1.807, 2.05) is 0 Å². The third-order valence-corrected chi connectivity index (χ3v) is 5.23. The van der Waals surface area contributed by atoms with Crippen LogP contribution in [0.4, 0.5) is 0 Å². The molecule has 1 heterocycles. The van der Waals surface area contributed by atoms with Crippen LogP contribution in [-0.2, 0) is 14.8 Å². The van der Waals surface area contributed by atoms with Crippen molar-refractivity contribution in [2.75, 3.05) is 39.6 Å². The minimum Gasteiger partial charge on any atom is -0.385 e. The summed E-state index contributed by atoms with van der Waals surface area (Å²) in [6.07, 6.45) is 3.46. The predicted molar refractivity (Wildman–Crippen MR) is 68.6 cm³/mol. The number of rotatable bonds is 6. The van der Waals surface area contributed by atoms with Crippen molar-refractivity contribution in [2.24, 2.45) is 0 Å². The molecule has 6 heteroatoms. The fraction of sp³-hybridized carbons (Fsp3) is 1.00. The molecule has 17 heavy (non-hydrogen) atoms. The maximum absolute atomic E-state index is 12.1. The van der Waals surface area contributed by atoms with Crippen LogP contribution in [0.5, 0.6) is 0 Å². The lowest BCUT2D eigenvalue weighted by atomic mass is 10.1. The van der Waals surface area contributed by atoms with Crippen LogP contribution >= 0.6 is 0 Å². The normalized spacial score (nSPS) is 22.6. The first-order chi connectivity index (χ1) is 8.08. The lowest BCUT2D eigenvalue weighted by molar-refractivity contribution is 0.199.